The zero-order valence-corrected chi connectivity index (χ0v) is 13.3. The number of nitrogens with two attached hydrogens (primary N) is 1. The van der Waals surface area contributed by atoms with E-state index >= 15 is 0 Å². The van der Waals surface area contributed by atoms with Crippen molar-refractivity contribution in [1.29, 1.82) is 0 Å². The molecule has 0 unspecified atom stereocenters. The van der Waals surface area contributed by atoms with Crippen LogP contribution in [0.25, 0.3) is 0 Å². The van der Waals surface area contributed by atoms with Crippen LogP contribution in [0.3, 0.4) is 0 Å². The molecular formula is C18H19F2N2O2+. The van der Waals surface area contributed by atoms with E-state index in [0.717, 1.165) is 23.1 Å². The summed E-state index contributed by atoms with van der Waals surface area (Å²) >= 11 is 0. The summed E-state index contributed by atoms with van der Waals surface area (Å²) < 4.78 is 31.6. The van der Waals surface area contributed by atoms with E-state index in [9.17, 15) is 8.78 Å². The summed E-state index contributed by atoms with van der Waals surface area (Å²) in [4.78, 5) is 5.44. The van der Waals surface area contributed by atoms with Gasteiger partial charge in [0.25, 0.3) is 0 Å². The Balaban J connectivity index is 1.48. The van der Waals surface area contributed by atoms with Gasteiger partial charge in [-0.2, -0.15) is 0 Å². The van der Waals surface area contributed by atoms with Gasteiger partial charge in [-0.05, 0) is 42.0 Å². The molecule has 6 heteroatoms. The first-order chi connectivity index (χ1) is 11.7. The molecule has 1 heterocycles. The second kappa shape index (κ2) is 7.40. The van der Waals surface area contributed by atoms with Gasteiger partial charge in [0.15, 0.2) is 6.10 Å². The molecule has 0 spiro atoms. The van der Waals surface area contributed by atoms with Gasteiger partial charge in [-0.3, -0.25) is 0 Å². The van der Waals surface area contributed by atoms with E-state index in [1.165, 1.54) is 12.1 Å². The van der Waals surface area contributed by atoms with E-state index in [1.54, 1.807) is 7.11 Å². The summed E-state index contributed by atoms with van der Waals surface area (Å²) in [7, 11) is 1.63. The molecule has 1 aliphatic heterocycles. The van der Waals surface area contributed by atoms with Crippen LogP contribution in [0, 0.1) is 11.6 Å². The van der Waals surface area contributed by atoms with Gasteiger partial charge in [0.1, 0.15) is 30.5 Å². The van der Waals surface area contributed by atoms with Gasteiger partial charge < -0.3 is 14.9 Å². The normalized spacial score (nSPS) is 16.6. The number of ether oxygens (including phenoxy) is 1. The number of hydrogen-bond acceptors (Lipinski definition) is 3. The summed E-state index contributed by atoms with van der Waals surface area (Å²) in [6, 6.07) is 11.3. The number of nitrogens with zero attached hydrogens (tertiary/aromatic N) is 1. The highest BCUT2D eigenvalue weighted by Crippen LogP contribution is 2.18. The van der Waals surface area contributed by atoms with Crippen molar-refractivity contribution in [2.45, 2.75) is 19.1 Å². The van der Waals surface area contributed by atoms with Gasteiger partial charge in [0.05, 0.1) is 12.8 Å². The first-order valence-corrected chi connectivity index (χ1v) is 7.78. The van der Waals surface area contributed by atoms with Crippen molar-refractivity contribution in [2.75, 3.05) is 13.7 Å². The molecule has 24 heavy (non-hydrogen) atoms. The molecule has 0 saturated carbocycles. The van der Waals surface area contributed by atoms with Crippen molar-refractivity contribution in [1.82, 2.24) is 0 Å². The second-order valence-electron chi connectivity index (χ2n) is 5.66. The van der Waals surface area contributed by atoms with Crippen LogP contribution in [0.5, 0.6) is 5.75 Å². The molecule has 1 aliphatic rings. The van der Waals surface area contributed by atoms with E-state index < -0.39 is 11.6 Å². The number of oxime groups is 1. The first-order valence-electron chi connectivity index (χ1n) is 7.78. The van der Waals surface area contributed by atoms with E-state index in [1.807, 2.05) is 29.6 Å². The van der Waals surface area contributed by atoms with Crippen molar-refractivity contribution < 1.29 is 23.7 Å². The summed E-state index contributed by atoms with van der Waals surface area (Å²) in [6.45, 7) is 1.09. The third kappa shape index (κ3) is 3.89. The van der Waals surface area contributed by atoms with Crippen LogP contribution in [0.15, 0.2) is 47.6 Å². The highest BCUT2D eigenvalue weighted by atomic mass is 19.1. The van der Waals surface area contributed by atoms with Gasteiger partial charge in [-0.1, -0.05) is 5.16 Å². The molecule has 0 saturated heterocycles. The minimum absolute atomic E-state index is 0.0504. The first kappa shape index (κ1) is 16.4. The van der Waals surface area contributed by atoms with Crippen molar-refractivity contribution in [3.05, 3.63) is 65.2 Å². The summed E-state index contributed by atoms with van der Waals surface area (Å²) in [5.41, 5.74) is 2.37. The largest absolute Gasteiger partial charge is 0.497 e. The minimum atomic E-state index is -0.562. The third-order valence-electron chi connectivity index (χ3n) is 3.97. The second-order valence-corrected chi connectivity index (χ2v) is 5.66. The Bertz CT molecular complexity index is 732. The average Bonchev–Trinajstić information content (AvgIpc) is 3.06. The summed E-state index contributed by atoms with van der Waals surface area (Å²) in [5, 5.41) is 6.07. The van der Waals surface area contributed by atoms with Crippen molar-refractivity contribution >= 4 is 5.71 Å². The average molecular weight is 333 g/mol. The monoisotopic (exact) mass is 333 g/mol. The van der Waals surface area contributed by atoms with E-state index in [4.69, 9.17) is 9.57 Å². The fraction of sp³-hybridized carbons (Fsp3) is 0.278. The van der Waals surface area contributed by atoms with Crippen LogP contribution in [0.4, 0.5) is 8.78 Å². The number of rotatable bonds is 6. The summed E-state index contributed by atoms with van der Waals surface area (Å²) in [5.74, 6) is -0.286. The zero-order chi connectivity index (χ0) is 16.9. The Morgan fingerprint density at radius 2 is 2.00 bits per heavy atom. The number of hydrogen-bond donors (Lipinski definition) is 1. The molecule has 1 atom stereocenters. The standard InChI is InChI=1S/C18H18F2N2O2/c1-23-15-6-3-12(4-7-15)18-9-16(24-22-18)11-21-10-13-2-5-14(19)8-17(13)20/h2-8,16,21H,9-11H2,1H3/p+1/t16-/m1/s1. The molecule has 2 N–H and O–H groups in total. The van der Waals surface area contributed by atoms with Crippen LogP contribution in [0.1, 0.15) is 17.5 Å². The number of benzene rings is 2. The Kier molecular flexibility index (Phi) is 5.05. The summed E-state index contributed by atoms with van der Waals surface area (Å²) in [6.07, 6.45) is 0.653. The molecule has 0 fully saturated rings. The lowest BCUT2D eigenvalue weighted by Gasteiger charge is -2.08. The van der Waals surface area contributed by atoms with Crippen molar-refractivity contribution in [3.8, 4) is 5.75 Å². The topological polar surface area (TPSA) is 47.4 Å². The van der Waals surface area contributed by atoms with E-state index in [-0.39, 0.29) is 6.10 Å². The molecule has 2 aromatic rings. The van der Waals surface area contributed by atoms with Crippen LogP contribution in [-0.2, 0) is 11.4 Å². The molecule has 3 rings (SSSR count). The van der Waals surface area contributed by atoms with Gasteiger partial charge in [0.2, 0.25) is 0 Å². The molecular weight excluding hydrogens is 314 g/mol. The smallest absolute Gasteiger partial charge is 0.181 e. The van der Waals surface area contributed by atoms with Gasteiger partial charge >= 0.3 is 0 Å². The third-order valence-corrected chi connectivity index (χ3v) is 3.97. The van der Waals surface area contributed by atoms with Crippen molar-refractivity contribution in [2.24, 2.45) is 5.16 Å². The lowest BCUT2D eigenvalue weighted by Crippen LogP contribution is -2.84. The lowest BCUT2D eigenvalue weighted by atomic mass is 10.0. The van der Waals surface area contributed by atoms with Gasteiger partial charge in [-0.15, -0.1) is 0 Å². The maximum Gasteiger partial charge on any atom is 0.181 e. The molecule has 2 aromatic carbocycles. The molecule has 126 valence electrons. The Hall–Kier alpha value is -2.47. The maximum atomic E-state index is 13.6. The number of quaternary nitrogens is 1. The highest BCUT2D eigenvalue weighted by Gasteiger charge is 2.23. The Morgan fingerprint density at radius 3 is 2.71 bits per heavy atom. The van der Waals surface area contributed by atoms with E-state index in [2.05, 4.69) is 5.16 Å². The van der Waals surface area contributed by atoms with Crippen LogP contribution >= 0.6 is 0 Å². The number of halogens is 2. The van der Waals surface area contributed by atoms with Gasteiger partial charge in [0, 0.05) is 18.1 Å². The fourth-order valence-electron chi connectivity index (χ4n) is 2.62. The number of methoxy groups -OCH3 is 1. The van der Waals surface area contributed by atoms with Gasteiger partial charge in [-0.25, -0.2) is 8.78 Å². The molecule has 0 radical (unpaired) electrons. The molecule has 0 aromatic heterocycles. The van der Waals surface area contributed by atoms with Crippen LogP contribution in [0.2, 0.25) is 0 Å². The minimum Gasteiger partial charge on any atom is -0.497 e. The zero-order valence-electron chi connectivity index (χ0n) is 13.3. The van der Waals surface area contributed by atoms with Crippen LogP contribution in [-0.4, -0.2) is 25.5 Å². The predicted molar refractivity (Wildman–Crippen MR) is 85.9 cm³/mol. The molecule has 0 amide bonds. The lowest BCUT2D eigenvalue weighted by molar-refractivity contribution is -0.676. The van der Waals surface area contributed by atoms with Crippen LogP contribution < -0.4 is 10.1 Å². The SMILES string of the molecule is COc1ccc(C2=NO[C@@H](C[NH2+]Cc3ccc(F)cc3F)C2)cc1. The highest BCUT2D eigenvalue weighted by molar-refractivity contribution is 6.01. The van der Waals surface area contributed by atoms with E-state index in [0.29, 0.717) is 25.1 Å². The quantitative estimate of drug-likeness (QED) is 0.881. The molecule has 4 nitrogen and oxygen atoms in total. The molecule has 0 aliphatic carbocycles. The maximum absolute atomic E-state index is 13.6. The predicted octanol–water partition coefficient (Wildman–Crippen LogP) is 2.23. The Morgan fingerprint density at radius 1 is 1.21 bits per heavy atom. The fourth-order valence-corrected chi connectivity index (χ4v) is 2.62. The van der Waals surface area contributed by atoms with Crippen molar-refractivity contribution in [3.63, 3.8) is 0 Å². The molecule has 0 bridgehead atoms. The Labute approximate surface area is 139 Å².